The molecule has 0 atom stereocenters. The van der Waals surface area contributed by atoms with Gasteiger partial charge in [0.2, 0.25) is 6.41 Å². The van der Waals surface area contributed by atoms with E-state index in [0.29, 0.717) is 0 Å². The fourth-order valence-electron chi connectivity index (χ4n) is 3.15. The number of aromatic nitrogens is 2. The summed E-state index contributed by atoms with van der Waals surface area (Å²) in [6.45, 7) is 0. The van der Waals surface area contributed by atoms with Gasteiger partial charge >= 0.3 is 0 Å². The van der Waals surface area contributed by atoms with Crippen molar-refractivity contribution in [2.45, 2.75) is 0 Å². The van der Waals surface area contributed by atoms with Gasteiger partial charge in [-0.2, -0.15) is 0 Å². The Morgan fingerprint density at radius 2 is 1.52 bits per heavy atom. The zero-order valence-electron chi connectivity index (χ0n) is 15.3. The van der Waals surface area contributed by atoms with E-state index in [9.17, 15) is 4.79 Å². The maximum atomic E-state index is 12.1. The Hall–Kier alpha value is -3.60. The fraction of sp³-hybridized carbons (Fsp3) is 0.0909. The van der Waals surface area contributed by atoms with Crippen molar-refractivity contribution in [3.8, 4) is 11.3 Å². The fourth-order valence-corrected chi connectivity index (χ4v) is 3.15. The van der Waals surface area contributed by atoms with Gasteiger partial charge in [-0.1, -0.05) is 36.4 Å². The van der Waals surface area contributed by atoms with E-state index >= 15 is 0 Å². The summed E-state index contributed by atoms with van der Waals surface area (Å²) in [6, 6.07) is 23.6. The van der Waals surface area contributed by atoms with Crippen LogP contribution in [0.1, 0.15) is 0 Å². The average molecular weight is 356 g/mol. The molecule has 0 radical (unpaired) electrons. The van der Waals surface area contributed by atoms with Gasteiger partial charge in [-0.15, -0.1) is 0 Å². The third-order valence-corrected chi connectivity index (χ3v) is 4.53. The smallest absolute Gasteiger partial charge is 0.219 e. The van der Waals surface area contributed by atoms with Crippen LogP contribution in [0, 0.1) is 0 Å². The van der Waals surface area contributed by atoms with Crippen molar-refractivity contribution in [3.63, 3.8) is 0 Å². The van der Waals surface area contributed by atoms with Crippen LogP contribution in [-0.2, 0) is 4.79 Å². The molecule has 0 unspecified atom stereocenters. The van der Waals surface area contributed by atoms with Crippen LogP contribution in [0.5, 0.6) is 0 Å². The van der Waals surface area contributed by atoms with Crippen molar-refractivity contribution in [2.24, 2.45) is 0 Å². The summed E-state index contributed by atoms with van der Waals surface area (Å²) in [5.41, 5.74) is 4.39. The van der Waals surface area contributed by atoms with Crippen LogP contribution in [-0.4, -0.2) is 29.9 Å². The topological polar surface area (TPSA) is 40.8 Å². The van der Waals surface area contributed by atoms with E-state index in [2.05, 4.69) is 0 Å². The highest BCUT2D eigenvalue weighted by Crippen LogP contribution is 2.35. The number of hydrogen-bond donors (Lipinski definition) is 0. The van der Waals surface area contributed by atoms with Gasteiger partial charge in [0.25, 0.3) is 0 Å². The minimum atomic E-state index is 0.726. The minimum absolute atomic E-state index is 0.726. The molecule has 0 saturated carbocycles. The molecule has 2 heterocycles. The van der Waals surface area contributed by atoms with E-state index in [1.807, 2.05) is 102 Å². The SMILES string of the molecule is CN(C)c1ccc(N(C=O)c2c(-c3ccccc3)nc3ccccn23)cc1. The van der Waals surface area contributed by atoms with Crippen LogP contribution in [0.2, 0.25) is 0 Å². The standard InChI is InChI=1S/C22H20N4O/c1-24(2)18-11-13-19(14-12-18)26(16-27)22-21(17-8-4-3-5-9-17)23-20-10-6-7-15-25(20)22/h3-16H,1-2H3. The number of carbonyl (C=O) groups excluding carboxylic acids is 1. The summed E-state index contributed by atoms with van der Waals surface area (Å²) in [5, 5.41) is 0. The maximum Gasteiger partial charge on any atom is 0.219 e. The molecule has 0 spiro atoms. The zero-order chi connectivity index (χ0) is 18.8. The van der Waals surface area contributed by atoms with Gasteiger partial charge < -0.3 is 4.90 Å². The van der Waals surface area contributed by atoms with Gasteiger partial charge in [-0.05, 0) is 36.4 Å². The second-order valence-electron chi connectivity index (χ2n) is 6.47. The van der Waals surface area contributed by atoms with Gasteiger partial charge in [0.15, 0.2) is 5.82 Å². The van der Waals surface area contributed by atoms with Gasteiger partial charge in [0.05, 0.1) is 5.69 Å². The lowest BCUT2D eigenvalue weighted by Gasteiger charge is -2.20. The number of hydrogen-bond acceptors (Lipinski definition) is 3. The molecule has 134 valence electrons. The van der Waals surface area contributed by atoms with Crippen LogP contribution in [0.25, 0.3) is 16.9 Å². The summed E-state index contributed by atoms with van der Waals surface area (Å²) in [7, 11) is 3.98. The summed E-state index contributed by atoms with van der Waals surface area (Å²) < 4.78 is 1.94. The first-order chi connectivity index (χ1) is 13.2. The minimum Gasteiger partial charge on any atom is -0.378 e. The number of amides is 1. The van der Waals surface area contributed by atoms with E-state index in [-0.39, 0.29) is 0 Å². The van der Waals surface area contributed by atoms with Crippen LogP contribution in [0.3, 0.4) is 0 Å². The van der Waals surface area contributed by atoms with Crippen LogP contribution in [0.15, 0.2) is 79.0 Å². The van der Waals surface area contributed by atoms with Crippen molar-refractivity contribution in [2.75, 3.05) is 23.9 Å². The number of nitrogens with zero attached hydrogens (tertiary/aromatic N) is 4. The Labute approximate surface area is 158 Å². The first kappa shape index (κ1) is 16.8. The number of imidazole rings is 1. The molecule has 0 fully saturated rings. The predicted molar refractivity (Wildman–Crippen MR) is 110 cm³/mol. The van der Waals surface area contributed by atoms with E-state index in [1.165, 1.54) is 0 Å². The molecule has 0 aliphatic carbocycles. The largest absolute Gasteiger partial charge is 0.378 e. The number of carbonyl (C=O) groups is 1. The van der Waals surface area contributed by atoms with Gasteiger partial charge in [0.1, 0.15) is 11.3 Å². The highest BCUT2D eigenvalue weighted by atomic mass is 16.1. The van der Waals surface area contributed by atoms with E-state index < -0.39 is 0 Å². The molecule has 0 saturated heterocycles. The van der Waals surface area contributed by atoms with Gasteiger partial charge in [-0.3, -0.25) is 14.1 Å². The Morgan fingerprint density at radius 1 is 0.852 bits per heavy atom. The highest BCUT2D eigenvalue weighted by molar-refractivity contribution is 5.93. The lowest BCUT2D eigenvalue weighted by Crippen LogP contribution is -2.17. The predicted octanol–water partition coefficient (Wildman–Crippen LogP) is 4.36. The zero-order valence-corrected chi connectivity index (χ0v) is 15.3. The second kappa shape index (κ2) is 6.96. The van der Waals surface area contributed by atoms with Crippen molar-refractivity contribution < 1.29 is 4.79 Å². The first-order valence-electron chi connectivity index (χ1n) is 8.73. The average Bonchev–Trinajstić information content (AvgIpc) is 3.09. The first-order valence-corrected chi connectivity index (χ1v) is 8.73. The van der Waals surface area contributed by atoms with E-state index in [1.54, 1.807) is 4.90 Å². The summed E-state index contributed by atoms with van der Waals surface area (Å²) in [5.74, 6) is 0.726. The van der Waals surface area contributed by atoms with Crippen molar-refractivity contribution in [1.82, 2.24) is 9.38 Å². The Bertz CT molecular complexity index is 1070. The summed E-state index contributed by atoms with van der Waals surface area (Å²) in [4.78, 5) is 20.6. The molecule has 0 aliphatic rings. The summed E-state index contributed by atoms with van der Waals surface area (Å²) >= 11 is 0. The molecule has 4 rings (SSSR count). The molecule has 5 heteroatoms. The Balaban J connectivity index is 1.91. The van der Waals surface area contributed by atoms with Gasteiger partial charge in [-0.25, -0.2) is 4.98 Å². The molecular weight excluding hydrogens is 336 g/mol. The number of fused-ring (bicyclic) bond motifs is 1. The van der Waals surface area contributed by atoms with Gasteiger partial charge in [0, 0.05) is 31.5 Å². The Morgan fingerprint density at radius 3 is 2.19 bits per heavy atom. The summed E-state index contributed by atoms with van der Waals surface area (Å²) in [6.07, 6.45) is 2.77. The number of anilines is 3. The molecule has 0 aliphatic heterocycles. The molecule has 1 amide bonds. The molecule has 2 aromatic carbocycles. The van der Waals surface area contributed by atoms with Crippen molar-refractivity contribution >= 4 is 29.2 Å². The third-order valence-electron chi connectivity index (χ3n) is 4.53. The van der Waals surface area contributed by atoms with Crippen LogP contribution in [0.4, 0.5) is 17.2 Å². The van der Waals surface area contributed by atoms with Crippen LogP contribution < -0.4 is 9.80 Å². The monoisotopic (exact) mass is 356 g/mol. The normalized spacial score (nSPS) is 10.7. The maximum absolute atomic E-state index is 12.1. The van der Waals surface area contributed by atoms with Crippen molar-refractivity contribution in [1.29, 1.82) is 0 Å². The Kier molecular flexibility index (Phi) is 4.34. The second-order valence-corrected chi connectivity index (χ2v) is 6.47. The van der Waals surface area contributed by atoms with E-state index in [0.717, 1.165) is 40.5 Å². The van der Waals surface area contributed by atoms with Crippen LogP contribution >= 0.6 is 0 Å². The lowest BCUT2D eigenvalue weighted by atomic mass is 10.1. The highest BCUT2D eigenvalue weighted by Gasteiger charge is 2.21. The molecule has 27 heavy (non-hydrogen) atoms. The number of pyridine rings is 1. The molecule has 0 N–H and O–H groups in total. The number of benzene rings is 2. The number of rotatable bonds is 5. The molecule has 4 aromatic rings. The third kappa shape index (κ3) is 3.04. The molecular formula is C22H20N4O. The molecule has 5 nitrogen and oxygen atoms in total. The quantitative estimate of drug-likeness (QED) is 0.499. The molecule has 0 bridgehead atoms. The molecule has 2 aromatic heterocycles. The van der Waals surface area contributed by atoms with E-state index in [4.69, 9.17) is 4.98 Å². The van der Waals surface area contributed by atoms with Crippen molar-refractivity contribution in [3.05, 3.63) is 79.0 Å². The lowest BCUT2D eigenvalue weighted by molar-refractivity contribution is -0.106.